The third kappa shape index (κ3) is 14.2. The zero-order valence-corrected chi connectivity index (χ0v) is 20.3. The zero-order valence-electron chi connectivity index (χ0n) is 20.3. The summed E-state index contributed by atoms with van der Waals surface area (Å²) in [5.74, 6) is -7.23. The van der Waals surface area contributed by atoms with E-state index in [1.807, 2.05) is 5.32 Å². The summed E-state index contributed by atoms with van der Waals surface area (Å²) < 4.78 is 0. The van der Waals surface area contributed by atoms with Gasteiger partial charge in [-0.25, -0.2) is 4.79 Å². The van der Waals surface area contributed by atoms with Gasteiger partial charge in [0.25, 0.3) is 0 Å². The average molecular weight is 534 g/mol. The van der Waals surface area contributed by atoms with Crippen LogP contribution in [0.1, 0.15) is 45.4 Å². The first-order valence-corrected chi connectivity index (χ1v) is 11.2. The van der Waals surface area contributed by atoms with E-state index in [1.54, 1.807) is 0 Å². The number of aliphatic imine (C=N–C) groups is 1. The number of hydrogen-bond acceptors (Lipinski definition) is 9. The lowest BCUT2D eigenvalue weighted by Gasteiger charge is -2.26. The third-order valence-electron chi connectivity index (χ3n) is 4.91. The molecule has 17 nitrogen and oxygen atoms in total. The predicted octanol–water partition coefficient (Wildman–Crippen LogP) is -3.98. The topological polar surface area (TPSA) is 310 Å². The quantitative estimate of drug-likeness (QED) is 0.0457. The van der Waals surface area contributed by atoms with E-state index in [0.29, 0.717) is 6.42 Å². The second kappa shape index (κ2) is 16.6. The summed E-state index contributed by atoms with van der Waals surface area (Å²) >= 11 is 0. The molecule has 5 atom stereocenters. The van der Waals surface area contributed by atoms with Crippen molar-refractivity contribution in [1.82, 2.24) is 16.0 Å². The number of carboxylic acids is 3. The minimum atomic E-state index is -1.71. The Morgan fingerprint density at radius 2 is 1.30 bits per heavy atom. The molecular formula is C20H35N7O10. The number of carbonyl (C=O) groups excluding carboxylic acids is 3. The smallest absolute Gasteiger partial charge is 0.326 e. The number of hydrogen-bond donors (Lipinski definition) is 10. The van der Waals surface area contributed by atoms with Crippen molar-refractivity contribution in [2.24, 2.45) is 22.2 Å². The van der Waals surface area contributed by atoms with Gasteiger partial charge in [-0.3, -0.25) is 29.0 Å². The maximum Gasteiger partial charge on any atom is 0.326 e. The number of rotatable bonds is 18. The van der Waals surface area contributed by atoms with Gasteiger partial charge < -0.3 is 53.6 Å². The minimum absolute atomic E-state index is 0.126. The molecule has 17 heteroatoms. The van der Waals surface area contributed by atoms with E-state index in [9.17, 15) is 39.0 Å². The number of nitrogens with two attached hydrogens (primary N) is 3. The Bertz CT molecular complexity index is 860. The number of carboxylic acid groups (broad SMARTS) is 3. The highest BCUT2D eigenvalue weighted by molar-refractivity contribution is 5.94. The van der Waals surface area contributed by atoms with Crippen LogP contribution in [-0.2, 0) is 28.8 Å². The second-order valence-corrected chi connectivity index (χ2v) is 8.11. The molecule has 210 valence electrons. The highest BCUT2D eigenvalue weighted by Gasteiger charge is 2.33. The molecular weight excluding hydrogens is 498 g/mol. The van der Waals surface area contributed by atoms with Crippen molar-refractivity contribution < 1.29 is 49.2 Å². The molecule has 0 aromatic rings. The summed E-state index contributed by atoms with van der Waals surface area (Å²) in [6.45, 7) is 1.32. The summed E-state index contributed by atoms with van der Waals surface area (Å²) in [6, 6.07) is -5.91. The Hall–Kier alpha value is -3.99. The lowest BCUT2D eigenvalue weighted by molar-refractivity contribution is -0.144. The van der Waals surface area contributed by atoms with Crippen LogP contribution in [0.3, 0.4) is 0 Å². The molecule has 0 fully saturated rings. The predicted molar refractivity (Wildman–Crippen MR) is 127 cm³/mol. The molecule has 0 bridgehead atoms. The van der Waals surface area contributed by atoms with Crippen LogP contribution < -0.4 is 33.2 Å². The van der Waals surface area contributed by atoms with E-state index in [0.717, 1.165) is 6.92 Å². The molecule has 0 heterocycles. The summed E-state index contributed by atoms with van der Waals surface area (Å²) in [7, 11) is 0. The van der Waals surface area contributed by atoms with Crippen molar-refractivity contribution in [3.8, 4) is 0 Å². The molecule has 0 radical (unpaired) electrons. The fourth-order valence-corrected chi connectivity index (χ4v) is 2.91. The SMILES string of the molecule is CC(O)C(NC(=O)C(CCC(=O)O)NC(=O)C(N)CCCN=C(N)N)C(=O)NC(CCC(=O)O)C(=O)O. The standard InChI is InChI=1S/C20H35N7O10/c1-9(28)15(18(35)26-12(19(36)37)5-7-14(31)32)27-17(34)11(4-6-13(29)30)25-16(33)10(21)3-2-8-24-20(22)23/h9-12,15,28H,2-8,21H2,1H3,(H,25,33)(H,26,35)(H,27,34)(H,29,30)(H,31,32)(H,36,37)(H4,22,23,24). The Balaban J connectivity index is 5.42. The molecule has 5 unspecified atom stereocenters. The number of amides is 3. The van der Waals surface area contributed by atoms with Crippen molar-refractivity contribution in [3.05, 3.63) is 0 Å². The number of aliphatic hydroxyl groups is 1. The Labute approximate surface area is 211 Å². The van der Waals surface area contributed by atoms with Gasteiger partial charge in [0, 0.05) is 19.4 Å². The first-order chi connectivity index (χ1) is 17.1. The van der Waals surface area contributed by atoms with Crippen LogP contribution in [0.4, 0.5) is 0 Å². The molecule has 0 aliphatic carbocycles. The molecule has 3 amide bonds. The van der Waals surface area contributed by atoms with E-state index < -0.39 is 91.6 Å². The van der Waals surface area contributed by atoms with Crippen molar-refractivity contribution >= 4 is 41.6 Å². The van der Waals surface area contributed by atoms with Gasteiger partial charge in [0.1, 0.15) is 18.1 Å². The van der Waals surface area contributed by atoms with Gasteiger partial charge in [0.15, 0.2) is 5.96 Å². The fraction of sp³-hybridized carbons (Fsp3) is 0.650. The lowest BCUT2D eigenvalue weighted by Crippen LogP contribution is -2.59. The number of nitrogens with one attached hydrogen (secondary N) is 3. The number of carbonyl (C=O) groups is 6. The van der Waals surface area contributed by atoms with Crippen molar-refractivity contribution in [2.75, 3.05) is 6.54 Å². The molecule has 0 aliphatic rings. The van der Waals surface area contributed by atoms with Crippen LogP contribution in [0, 0.1) is 0 Å². The lowest BCUT2D eigenvalue weighted by atomic mass is 10.1. The normalized spacial score (nSPS) is 14.7. The van der Waals surface area contributed by atoms with Crippen LogP contribution in [0.5, 0.6) is 0 Å². The summed E-state index contributed by atoms with van der Waals surface area (Å²) in [6.07, 6.45) is -3.06. The molecule has 37 heavy (non-hydrogen) atoms. The summed E-state index contributed by atoms with van der Waals surface area (Å²) in [5, 5.41) is 43.4. The van der Waals surface area contributed by atoms with E-state index in [1.165, 1.54) is 0 Å². The molecule has 0 aromatic carbocycles. The molecule has 0 saturated heterocycles. The van der Waals surface area contributed by atoms with E-state index in [-0.39, 0.29) is 18.9 Å². The van der Waals surface area contributed by atoms with Crippen molar-refractivity contribution in [2.45, 2.75) is 75.7 Å². The largest absolute Gasteiger partial charge is 0.481 e. The van der Waals surface area contributed by atoms with Gasteiger partial charge in [-0.1, -0.05) is 0 Å². The Morgan fingerprint density at radius 1 is 0.784 bits per heavy atom. The molecule has 0 saturated carbocycles. The molecule has 13 N–H and O–H groups in total. The maximum absolute atomic E-state index is 12.8. The maximum atomic E-state index is 12.8. The summed E-state index contributed by atoms with van der Waals surface area (Å²) in [4.78, 5) is 74.6. The van der Waals surface area contributed by atoms with Gasteiger partial charge in [-0.2, -0.15) is 0 Å². The summed E-state index contributed by atoms with van der Waals surface area (Å²) in [5.41, 5.74) is 16.2. The minimum Gasteiger partial charge on any atom is -0.481 e. The number of guanidine groups is 1. The van der Waals surface area contributed by atoms with Crippen LogP contribution in [-0.4, -0.2) is 98.8 Å². The van der Waals surface area contributed by atoms with E-state index in [4.69, 9.17) is 27.4 Å². The highest BCUT2D eigenvalue weighted by Crippen LogP contribution is 2.05. The second-order valence-electron chi connectivity index (χ2n) is 8.11. The van der Waals surface area contributed by atoms with Gasteiger partial charge in [-0.05, 0) is 32.6 Å². The van der Waals surface area contributed by atoms with Gasteiger partial charge in [0.2, 0.25) is 17.7 Å². The van der Waals surface area contributed by atoms with Gasteiger partial charge in [0.05, 0.1) is 12.1 Å². The highest BCUT2D eigenvalue weighted by atomic mass is 16.4. The number of aliphatic hydroxyl groups excluding tert-OH is 1. The molecule has 0 aromatic heterocycles. The van der Waals surface area contributed by atoms with Crippen molar-refractivity contribution in [1.29, 1.82) is 0 Å². The number of nitrogens with zero attached hydrogens (tertiary/aromatic N) is 1. The first-order valence-electron chi connectivity index (χ1n) is 11.2. The molecule has 0 rings (SSSR count). The Kier molecular flexibility index (Phi) is 14.8. The van der Waals surface area contributed by atoms with Gasteiger partial charge in [-0.15, -0.1) is 0 Å². The zero-order chi connectivity index (χ0) is 28.7. The average Bonchev–Trinajstić information content (AvgIpc) is 2.78. The van der Waals surface area contributed by atoms with Crippen LogP contribution in [0.15, 0.2) is 4.99 Å². The van der Waals surface area contributed by atoms with Crippen LogP contribution in [0.25, 0.3) is 0 Å². The van der Waals surface area contributed by atoms with Crippen LogP contribution in [0.2, 0.25) is 0 Å². The fourth-order valence-electron chi connectivity index (χ4n) is 2.91. The van der Waals surface area contributed by atoms with E-state index >= 15 is 0 Å². The third-order valence-corrected chi connectivity index (χ3v) is 4.91. The van der Waals surface area contributed by atoms with Crippen LogP contribution >= 0.6 is 0 Å². The Morgan fingerprint density at radius 3 is 1.76 bits per heavy atom. The number of aliphatic carboxylic acids is 3. The van der Waals surface area contributed by atoms with Gasteiger partial charge >= 0.3 is 17.9 Å². The van der Waals surface area contributed by atoms with E-state index in [2.05, 4.69) is 15.6 Å². The van der Waals surface area contributed by atoms with Crippen molar-refractivity contribution in [3.63, 3.8) is 0 Å². The monoisotopic (exact) mass is 533 g/mol. The molecule has 0 aliphatic heterocycles. The first kappa shape index (κ1) is 33.0. The molecule has 0 spiro atoms.